The van der Waals surface area contributed by atoms with E-state index in [0.717, 1.165) is 5.56 Å². The molecule has 0 aliphatic heterocycles. The molecule has 0 fully saturated rings. The predicted octanol–water partition coefficient (Wildman–Crippen LogP) is 4.65. The molecule has 2 aromatic rings. The Morgan fingerprint density at radius 2 is 1.75 bits per heavy atom. The highest BCUT2D eigenvalue weighted by Gasteiger charge is 2.08. The minimum atomic E-state index is -0.442. The van der Waals surface area contributed by atoms with Gasteiger partial charge in [-0.15, -0.1) is 0 Å². The predicted molar refractivity (Wildman–Crippen MR) is 81.9 cm³/mol. The molecular weight excluding hydrogens is 299 g/mol. The molecule has 0 aromatic heterocycles. The monoisotopic (exact) mass is 310 g/mol. The number of hydrogen-bond acceptors (Lipinski definition) is 2. The Labute approximate surface area is 126 Å². The second-order valence-electron chi connectivity index (χ2n) is 4.20. The van der Waals surface area contributed by atoms with E-state index in [1.165, 1.54) is 6.07 Å². The summed E-state index contributed by atoms with van der Waals surface area (Å²) in [6, 6.07) is 9.03. The Balaban J connectivity index is 2.11. The van der Waals surface area contributed by atoms with Crippen molar-refractivity contribution in [3.05, 3.63) is 52.0 Å². The second-order valence-corrected chi connectivity index (χ2v) is 5.05. The number of rotatable bonds is 2. The molecule has 0 radical (unpaired) electrons. The number of carbonyl (C=O) groups is 1. The van der Waals surface area contributed by atoms with E-state index in [4.69, 9.17) is 23.2 Å². The molecule has 0 saturated carbocycles. The van der Waals surface area contributed by atoms with Gasteiger partial charge < -0.3 is 15.7 Å². The first kappa shape index (κ1) is 14.5. The Hall–Kier alpha value is -1.91. The summed E-state index contributed by atoms with van der Waals surface area (Å²) >= 11 is 11.8. The van der Waals surface area contributed by atoms with Gasteiger partial charge in [0.25, 0.3) is 0 Å². The maximum Gasteiger partial charge on any atom is 0.323 e. The van der Waals surface area contributed by atoms with E-state index in [-0.39, 0.29) is 5.75 Å². The van der Waals surface area contributed by atoms with Crippen molar-refractivity contribution in [2.45, 2.75) is 6.92 Å². The van der Waals surface area contributed by atoms with Crippen LogP contribution in [0.25, 0.3) is 0 Å². The van der Waals surface area contributed by atoms with Gasteiger partial charge in [-0.3, -0.25) is 0 Å². The molecule has 0 aliphatic rings. The molecule has 104 valence electrons. The van der Waals surface area contributed by atoms with Crippen molar-refractivity contribution in [2.75, 3.05) is 10.6 Å². The topological polar surface area (TPSA) is 61.4 Å². The second kappa shape index (κ2) is 6.03. The molecular formula is C14H12Cl2N2O2. The molecule has 4 nitrogen and oxygen atoms in total. The molecule has 2 rings (SSSR count). The first-order valence-corrected chi connectivity index (χ1v) is 6.54. The van der Waals surface area contributed by atoms with Crippen molar-refractivity contribution in [3.63, 3.8) is 0 Å². The maximum atomic E-state index is 11.9. The summed E-state index contributed by atoms with van der Waals surface area (Å²) < 4.78 is 0. The Morgan fingerprint density at radius 1 is 1.05 bits per heavy atom. The molecule has 0 bridgehead atoms. The number of urea groups is 1. The lowest BCUT2D eigenvalue weighted by atomic mass is 10.2. The van der Waals surface area contributed by atoms with Gasteiger partial charge in [0, 0.05) is 10.7 Å². The van der Waals surface area contributed by atoms with Crippen LogP contribution in [-0.2, 0) is 0 Å². The summed E-state index contributed by atoms with van der Waals surface area (Å²) in [5, 5.41) is 15.5. The minimum absolute atomic E-state index is 0.145. The summed E-state index contributed by atoms with van der Waals surface area (Å²) in [5.41, 5.74) is 1.77. The summed E-state index contributed by atoms with van der Waals surface area (Å²) in [6.45, 7) is 1.78. The van der Waals surface area contributed by atoms with Crippen molar-refractivity contribution < 1.29 is 9.90 Å². The van der Waals surface area contributed by atoms with E-state index in [1.54, 1.807) is 37.3 Å². The smallest absolute Gasteiger partial charge is 0.323 e. The third kappa shape index (κ3) is 3.56. The molecule has 0 heterocycles. The number of nitrogens with one attached hydrogen (secondary N) is 2. The first-order chi connectivity index (χ1) is 9.45. The van der Waals surface area contributed by atoms with Crippen LogP contribution in [-0.4, -0.2) is 11.1 Å². The van der Waals surface area contributed by atoms with Crippen molar-refractivity contribution >= 4 is 40.6 Å². The van der Waals surface area contributed by atoms with E-state index in [1.807, 2.05) is 0 Å². The fourth-order valence-electron chi connectivity index (χ4n) is 1.66. The normalized spacial score (nSPS) is 10.2. The molecule has 0 aliphatic carbocycles. The number of amides is 2. The van der Waals surface area contributed by atoms with Crippen LogP contribution in [0.2, 0.25) is 10.0 Å². The van der Waals surface area contributed by atoms with Crippen LogP contribution in [0, 0.1) is 6.92 Å². The lowest BCUT2D eigenvalue weighted by Crippen LogP contribution is -2.20. The quantitative estimate of drug-likeness (QED) is 0.707. The zero-order valence-corrected chi connectivity index (χ0v) is 12.1. The highest BCUT2D eigenvalue weighted by atomic mass is 35.5. The van der Waals surface area contributed by atoms with Crippen LogP contribution in [0.4, 0.5) is 16.2 Å². The van der Waals surface area contributed by atoms with E-state index in [9.17, 15) is 9.90 Å². The molecule has 2 aromatic carbocycles. The van der Waals surface area contributed by atoms with Crippen LogP contribution >= 0.6 is 23.2 Å². The number of phenolic OH excluding ortho intramolecular Hbond substituents is 1. The van der Waals surface area contributed by atoms with Gasteiger partial charge in [0.1, 0.15) is 5.75 Å². The lowest BCUT2D eigenvalue weighted by Gasteiger charge is -2.11. The lowest BCUT2D eigenvalue weighted by molar-refractivity contribution is 0.262. The van der Waals surface area contributed by atoms with Crippen LogP contribution in [0.3, 0.4) is 0 Å². The third-order valence-electron chi connectivity index (χ3n) is 2.63. The van der Waals surface area contributed by atoms with Crippen molar-refractivity contribution in [1.82, 2.24) is 0 Å². The summed E-state index contributed by atoms with van der Waals surface area (Å²) in [5.74, 6) is 0.145. The van der Waals surface area contributed by atoms with Crippen molar-refractivity contribution in [1.29, 1.82) is 0 Å². The summed E-state index contributed by atoms with van der Waals surface area (Å²) in [7, 11) is 0. The number of hydrogen-bond donors (Lipinski definition) is 3. The van der Waals surface area contributed by atoms with Gasteiger partial charge in [0.05, 0.1) is 10.7 Å². The number of anilines is 2. The molecule has 3 N–H and O–H groups in total. The minimum Gasteiger partial charge on any atom is -0.508 e. The van der Waals surface area contributed by atoms with Gasteiger partial charge in [-0.1, -0.05) is 23.2 Å². The van der Waals surface area contributed by atoms with Gasteiger partial charge in [0.15, 0.2) is 0 Å². The highest BCUT2D eigenvalue weighted by molar-refractivity contribution is 6.35. The maximum absolute atomic E-state index is 11.9. The Kier molecular flexibility index (Phi) is 4.37. The van der Waals surface area contributed by atoms with Gasteiger partial charge >= 0.3 is 6.03 Å². The van der Waals surface area contributed by atoms with Crippen LogP contribution < -0.4 is 10.6 Å². The molecule has 0 spiro atoms. The van der Waals surface area contributed by atoms with Gasteiger partial charge in [-0.2, -0.15) is 0 Å². The zero-order chi connectivity index (χ0) is 14.7. The van der Waals surface area contributed by atoms with Crippen LogP contribution in [0.15, 0.2) is 36.4 Å². The number of benzene rings is 2. The highest BCUT2D eigenvalue weighted by Crippen LogP contribution is 2.26. The molecule has 20 heavy (non-hydrogen) atoms. The fourth-order valence-corrected chi connectivity index (χ4v) is 1.99. The van der Waals surface area contributed by atoms with E-state index < -0.39 is 6.03 Å². The average molecular weight is 311 g/mol. The van der Waals surface area contributed by atoms with Crippen LogP contribution in [0.1, 0.15) is 5.56 Å². The zero-order valence-electron chi connectivity index (χ0n) is 10.6. The Bertz CT molecular complexity index is 660. The molecule has 6 heteroatoms. The molecule has 0 unspecified atom stereocenters. The number of aromatic hydroxyl groups is 1. The first-order valence-electron chi connectivity index (χ1n) is 5.78. The average Bonchev–Trinajstić information content (AvgIpc) is 2.37. The van der Waals surface area contributed by atoms with Crippen LogP contribution in [0.5, 0.6) is 5.75 Å². The van der Waals surface area contributed by atoms with Gasteiger partial charge in [-0.25, -0.2) is 4.79 Å². The van der Waals surface area contributed by atoms with Gasteiger partial charge in [-0.05, 0) is 48.9 Å². The standard InChI is InChI=1S/C14H12Cl2N2O2/c1-8-6-10(19)3-5-12(8)17-14(20)18-13-7-9(15)2-4-11(13)16/h2-7,19H,1H3,(H2,17,18,20). The number of aryl methyl sites for hydroxylation is 1. The van der Waals surface area contributed by atoms with E-state index >= 15 is 0 Å². The largest absolute Gasteiger partial charge is 0.508 e. The third-order valence-corrected chi connectivity index (χ3v) is 3.20. The van der Waals surface area contributed by atoms with Crippen molar-refractivity contribution in [3.8, 4) is 5.75 Å². The number of carbonyl (C=O) groups excluding carboxylic acids is 1. The summed E-state index contributed by atoms with van der Waals surface area (Å²) in [4.78, 5) is 11.9. The van der Waals surface area contributed by atoms with Crippen molar-refractivity contribution in [2.24, 2.45) is 0 Å². The molecule has 2 amide bonds. The summed E-state index contributed by atoms with van der Waals surface area (Å²) in [6.07, 6.45) is 0. The number of phenols is 1. The fraction of sp³-hybridized carbons (Fsp3) is 0.0714. The SMILES string of the molecule is Cc1cc(O)ccc1NC(=O)Nc1cc(Cl)ccc1Cl. The van der Waals surface area contributed by atoms with Gasteiger partial charge in [0.2, 0.25) is 0 Å². The molecule has 0 saturated heterocycles. The number of halogens is 2. The Morgan fingerprint density at radius 3 is 2.45 bits per heavy atom. The van der Waals surface area contributed by atoms with E-state index in [2.05, 4.69) is 10.6 Å². The molecule has 0 atom stereocenters. The van der Waals surface area contributed by atoms with E-state index in [0.29, 0.717) is 21.4 Å².